The Hall–Kier alpha value is -0.620. The summed E-state index contributed by atoms with van der Waals surface area (Å²) in [4.78, 5) is 11.3. The van der Waals surface area contributed by atoms with Crippen LogP contribution in [-0.4, -0.2) is 24.6 Å². The maximum atomic E-state index is 11.3. The minimum Gasteiger partial charge on any atom is -0.487 e. The summed E-state index contributed by atoms with van der Waals surface area (Å²) in [5, 5.41) is 0. The summed E-state index contributed by atoms with van der Waals surface area (Å²) in [6.07, 6.45) is -0.0376. The number of carbonyl (C=O) groups is 1. The van der Waals surface area contributed by atoms with E-state index < -0.39 is 0 Å². The molecule has 1 saturated carbocycles. The van der Waals surface area contributed by atoms with E-state index in [2.05, 4.69) is 22.6 Å². The van der Waals surface area contributed by atoms with Gasteiger partial charge >= 0.3 is 0 Å². The van der Waals surface area contributed by atoms with Crippen molar-refractivity contribution in [3.63, 3.8) is 0 Å². The molecule has 1 aliphatic rings. The lowest BCUT2D eigenvalue weighted by molar-refractivity contribution is -0.154. The van der Waals surface area contributed by atoms with E-state index in [1.54, 1.807) is 0 Å². The highest BCUT2D eigenvalue weighted by atomic mass is 127. The van der Waals surface area contributed by atoms with Gasteiger partial charge < -0.3 is 9.47 Å². The Labute approximate surface area is 108 Å². The van der Waals surface area contributed by atoms with Crippen LogP contribution >= 0.6 is 22.6 Å². The molecule has 1 aliphatic carbocycles. The van der Waals surface area contributed by atoms with Crippen molar-refractivity contribution in [3.8, 4) is 5.75 Å². The standard InChI is InChI=1S/C12H13IO3/c1-2-15-12-10(14)7-11(12)16-9-5-3-4-8(13)6-9/h3-6,11-12H,2,7H2,1H3. The topological polar surface area (TPSA) is 35.5 Å². The van der Waals surface area contributed by atoms with Crippen LogP contribution in [0.1, 0.15) is 13.3 Å². The SMILES string of the molecule is CCOC1C(=O)CC1Oc1cccc(I)c1. The normalized spacial score (nSPS) is 24.0. The molecule has 1 fully saturated rings. The van der Waals surface area contributed by atoms with E-state index in [-0.39, 0.29) is 18.0 Å². The summed E-state index contributed by atoms with van der Waals surface area (Å²) in [5.74, 6) is 0.937. The van der Waals surface area contributed by atoms with Gasteiger partial charge in [-0.2, -0.15) is 0 Å². The van der Waals surface area contributed by atoms with Crippen LogP contribution in [0.2, 0.25) is 0 Å². The van der Waals surface area contributed by atoms with Gasteiger partial charge in [0.1, 0.15) is 11.9 Å². The van der Waals surface area contributed by atoms with Crippen LogP contribution in [0.15, 0.2) is 24.3 Å². The van der Waals surface area contributed by atoms with Gasteiger partial charge in [0.05, 0.1) is 0 Å². The molecule has 1 aromatic carbocycles. The van der Waals surface area contributed by atoms with Crippen LogP contribution in [-0.2, 0) is 9.53 Å². The molecule has 2 unspecified atom stereocenters. The summed E-state index contributed by atoms with van der Waals surface area (Å²) in [6, 6.07) is 7.78. The second-order valence-corrected chi connectivity index (χ2v) is 4.91. The number of Topliss-reactive ketones (excluding diaryl/α,β-unsaturated/α-hetero) is 1. The average molecular weight is 332 g/mol. The quantitative estimate of drug-likeness (QED) is 0.795. The van der Waals surface area contributed by atoms with E-state index >= 15 is 0 Å². The third-order valence-corrected chi connectivity index (χ3v) is 3.16. The molecule has 86 valence electrons. The van der Waals surface area contributed by atoms with Crippen LogP contribution in [0.4, 0.5) is 0 Å². The van der Waals surface area contributed by atoms with E-state index in [0.717, 1.165) is 9.32 Å². The van der Waals surface area contributed by atoms with Crippen LogP contribution in [0.3, 0.4) is 0 Å². The van der Waals surface area contributed by atoms with Crippen molar-refractivity contribution in [1.29, 1.82) is 0 Å². The lowest BCUT2D eigenvalue weighted by Crippen LogP contribution is -2.52. The molecule has 0 spiro atoms. The van der Waals surface area contributed by atoms with Crippen LogP contribution in [0.5, 0.6) is 5.75 Å². The molecule has 16 heavy (non-hydrogen) atoms. The molecule has 0 aliphatic heterocycles. The summed E-state index contributed by atoms with van der Waals surface area (Å²) in [6.45, 7) is 2.43. The lowest BCUT2D eigenvalue weighted by atomic mass is 9.90. The van der Waals surface area contributed by atoms with Gasteiger partial charge in [-0.25, -0.2) is 0 Å². The lowest BCUT2D eigenvalue weighted by Gasteiger charge is -2.34. The first-order valence-corrected chi connectivity index (χ1v) is 6.35. The fourth-order valence-corrected chi connectivity index (χ4v) is 2.18. The summed E-state index contributed by atoms with van der Waals surface area (Å²) in [5.41, 5.74) is 0. The third kappa shape index (κ3) is 2.55. The Morgan fingerprint density at radius 3 is 2.94 bits per heavy atom. The molecule has 0 heterocycles. The molecule has 0 aromatic heterocycles. The average Bonchev–Trinajstić information content (AvgIpc) is 2.26. The fraction of sp³-hybridized carbons (Fsp3) is 0.417. The van der Waals surface area contributed by atoms with Crippen molar-refractivity contribution in [3.05, 3.63) is 27.8 Å². The smallest absolute Gasteiger partial charge is 0.169 e. The van der Waals surface area contributed by atoms with Gasteiger partial charge in [-0.05, 0) is 47.7 Å². The maximum absolute atomic E-state index is 11.3. The Kier molecular flexibility index (Phi) is 3.81. The number of ketones is 1. The van der Waals surface area contributed by atoms with Gasteiger partial charge in [0, 0.05) is 16.6 Å². The monoisotopic (exact) mass is 332 g/mol. The fourth-order valence-electron chi connectivity index (χ4n) is 1.67. The molecule has 0 radical (unpaired) electrons. The highest BCUT2D eigenvalue weighted by Gasteiger charge is 2.42. The Morgan fingerprint density at radius 1 is 1.50 bits per heavy atom. The van der Waals surface area contributed by atoms with E-state index in [1.807, 2.05) is 31.2 Å². The summed E-state index contributed by atoms with van der Waals surface area (Å²) < 4.78 is 12.2. The Bertz CT molecular complexity index is 392. The highest BCUT2D eigenvalue weighted by molar-refractivity contribution is 14.1. The second-order valence-electron chi connectivity index (χ2n) is 3.66. The van der Waals surface area contributed by atoms with E-state index in [9.17, 15) is 4.79 Å². The number of rotatable bonds is 4. The van der Waals surface area contributed by atoms with Crippen molar-refractivity contribution in [2.75, 3.05) is 6.61 Å². The number of halogens is 1. The first-order chi connectivity index (χ1) is 7.70. The molecule has 2 atom stereocenters. The molecule has 0 bridgehead atoms. The van der Waals surface area contributed by atoms with E-state index in [0.29, 0.717) is 13.0 Å². The molecule has 1 aromatic rings. The van der Waals surface area contributed by atoms with Crippen LogP contribution < -0.4 is 4.74 Å². The molecular weight excluding hydrogens is 319 g/mol. The molecule has 0 N–H and O–H groups in total. The van der Waals surface area contributed by atoms with Crippen LogP contribution in [0.25, 0.3) is 0 Å². The molecule has 4 heteroatoms. The van der Waals surface area contributed by atoms with Crippen LogP contribution in [0, 0.1) is 3.57 Å². The molecule has 3 nitrogen and oxygen atoms in total. The van der Waals surface area contributed by atoms with Crippen molar-refractivity contribution in [2.24, 2.45) is 0 Å². The van der Waals surface area contributed by atoms with Gasteiger partial charge in [0.25, 0.3) is 0 Å². The molecular formula is C12H13IO3. The largest absolute Gasteiger partial charge is 0.487 e. The number of hydrogen-bond donors (Lipinski definition) is 0. The van der Waals surface area contributed by atoms with Gasteiger partial charge in [-0.3, -0.25) is 4.79 Å². The molecule has 0 saturated heterocycles. The van der Waals surface area contributed by atoms with Crippen molar-refractivity contribution < 1.29 is 14.3 Å². The maximum Gasteiger partial charge on any atom is 0.169 e. The Balaban J connectivity index is 1.98. The first-order valence-electron chi connectivity index (χ1n) is 5.27. The van der Waals surface area contributed by atoms with Crippen molar-refractivity contribution in [2.45, 2.75) is 25.6 Å². The first kappa shape index (κ1) is 11.9. The van der Waals surface area contributed by atoms with Gasteiger partial charge in [0.15, 0.2) is 11.9 Å². The molecule has 2 rings (SSSR count). The summed E-state index contributed by atoms with van der Waals surface area (Å²) in [7, 11) is 0. The third-order valence-electron chi connectivity index (χ3n) is 2.49. The zero-order valence-corrected chi connectivity index (χ0v) is 11.1. The highest BCUT2D eigenvalue weighted by Crippen LogP contribution is 2.26. The van der Waals surface area contributed by atoms with Gasteiger partial charge in [-0.1, -0.05) is 6.07 Å². The van der Waals surface area contributed by atoms with Gasteiger partial charge in [0.2, 0.25) is 0 Å². The minimum absolute atomic E-state index is 0.120. The number of hydrogen-bond acceptors (Lipinski definition) is 3. The number of benzene rings is 1. The van der Waals surface area contributed by atoms with Crippen molar-refractivity contribution >= 4 is 28.4 Å². The zero-order chi connectivity index (χ0) is 11.5. The molecule has 0 amide bonds. The predicted molar refractivity (Wildman–Crippen MR) is 68.6 cm³/mol. The van der Waals surface area contributed by atoms with E-state index in [4.69, 9.17) is 9.47 Å². The number of ether oxygens (including phenoxy) is 2. The zero-order valence-electron chi connectivity index (χ0n) is 8.98. The second kappa shape index (κ2) is 5.14. The summed E-state index contributed by atoms with van der Waals surface area (Å²) >= 11 is 2.23. The van der Waals surface area contributed by atoms with Crippen molar-refractivity contribution in [1.82, 2.24) is 0 Å². The Morgan fingerprint density at radius 2 is 2.31 bits per heavy atom. The van der Waals surface area contributed by atoms with E-state index in [1.165, 1.54) is 0 Å². The van der Waals surface area contributed by atoms with Gasteiger partial charge in [-0.15, -0.1) is 0 Å². The minimum atomic E-state index is -0.372. The number of carbonyl (C=O) groups excluding carboxylic acids is 1. The predicted octanol–water partition coefficient (Wildman–Crippen LogP) is 2.42.